The van der Waals surface area contributed by atoms with Gasteiger partial charge in [-0.3, -0.25) is 20.4 Å². The second-order valence-corrected chi connectivity index (χ2v) is 10.7. The van der Waals surface area contributed by atoms with Crippen LogP contribution >= 0.6 is 23.5 Å². The molecule has 1 saturated carbocycles. The molecule has 1 aromatic rings. The van der Waals surface area contributed by atoms with Crippen molar-refractivity contribution in [1.29, 1.82) is 0 Å². The third-order valence-electron chi connectivity index (χ3n) is 4.83. The lowest BCUT2D eigenvalue weighted by Crippen LogP contribution is -2.52. The molecule has 1 fully saturated rings. The van der Waals surface area contributed by atoms with Gasteiger partial charge in [-0.25, -0.2) is 0 Å². The molecule has 0 aromatic heterocycles. The van der Waals surface area contributed by atoms with Gasteiger partial charge in [-0.2, -0.15) is 11.8 Å². The summed E-state index contributed by atoms with van der Waals surface area (Å²) >= 11 is 3.54. The van der Waals surface area contributed by atoms with E-state index in [0.717, 1.165) is 10.6 Å². The summed E-state index contributed by atoms with van der Waals surface area (Å²) in [5.41, 5.74) is 11.0. The van der Waals surface area contributed by atoms with Crippen molar-refractivity contribution in [3.8, 4) is 0 Å². The molecule has 1 unspecified atom stereocenters. The second-order valence-electron chi connectivity index (χ2n) is 7.67. The maximum absolute atomic E-state index is 12.4. The third kappa shape index (κ3) is 8.58. The molecular formula is C21H33N3O3S2. The second kappa shape index (κ2) is 12.5. The fourth-order valence-corrected chi connectivity index (χ4v) is 5.33. The van der Waals surface area contributed by atoms with Gasteiger partial charge in [-0.05, 0) is 48.5 Å². The molecule has 1 aliphatic carbocycles. The molecule has 5 N–H and O–H groups in total. The Bertz CT molecular complexity index is 666. The Labute approximate surface area is 182 Å². The highest BCUT2D eigenvalue weighted by Gasteiger charge is 2.23. The van der Waals surface area contributed by atoms with Crippen LogP contribution in [0.5, 0.6) is 0 Å². The molecule has 8 heteroatoms. The normalized spacial score (nSPS) is 17.0. The first kappa shape index (κ1) is 24.1. The van der Waals surface area contributed by atoms with Crippen molar-refractivity contribution in [2.45, 2.75) is 79.9 Å². The number of hydrazine groups is 1. The van der Waals surface area contributed by atoms with Crippen LogP contribution in [0.15, 0.2) is 29.2 Å². The third-order valence-corrected chi connectivity index (χ3v) is 7.30. The lowest BCUT2D eigenvalue weighted by atomic mass is 10.0. The number of aliphatic hydroxyl groups excluding tert-OH is 1. The summed E-state index contributed by atoms with van der Waals surface area (Å²) in [5.74, 6) is -0.352. The van der Waals surface area contributed by atoms with Gasteiger partial charge in [0.2, 0.25) is 0 Å². The Morgan fingerprint density at radius 1 is 1.21 bits per heavy atom. The van der Waals surface area contributed by atoms with E-state index in [2.05, 4.69) is 24.7 Å². The minimum absolute atomic E-state index is 0.416. The zero-order chi connectivity index (χ0) is 21.2. The molecule has 1 aromatic carbocycles. The van der Waals surface area contributed by atoms with E-state index in [4.69, 9.17) is 5.73 Å². The lowest BCUT2D eigenvalue weighted by molar-refractivity contribution is -0.131. The minimum atomic E-state index is -1.36. The summed E-state index contributed by atoms with van der Waals surface area (Å²) in [6, 6.07) is 6.73. The van der Waals surface area contributed by atoms with Crippen molar-refractivity contribution in [3.63, 3.8) is 0 Å². The van der Waals surface area contributed by atoms with Crippen molar-refractivity contribution in [3.05, 3.63) is 29.8 Å². The van der Waals surface area contributed by atoms with Gasteiger partial charge in [-0.1, -0.05) is 39.2 Å². The number of rotatable bonds is 9. The average molecular weight is 440 g/mol. The predicted molar refractivity (Wildman–Crippen MR) is 121 cm³/mol. The molecule has 2 amide bonds. The molecule has 0 bridgehead atoms. The Kier molecular flexibility index (Phi) is 10.3. The van der Waals surface area contributed by atoms with Crippen LogP contribution in [0.4, 0.5) is 0 Å². The highest BCUT2D eigenvalue weighted by atomic mass is 32.2. The number of nitrogens with two attached hydrogens (primary N) is 1. The fourth-order valence-electron chi connectivity index (χ4n) is 3.14. The summed E-state index contributed by atoms with van der Waals surface area (Å²) in [4.78, 5) is 25.5. The summed E-state index contributed by atoms with van der Waals surface area (Å²) < 4.78 is 0. The molecule has 29 heavy (non-hydrogen) atoms. The molecule has 6 nitrogen and oxygen atoms in total. The zero-order valence-corrected chi connectivity index (χ0v) is 18.9. The first-order chi connectivity index (χ1) is 13.9. The topological polar surface area (TPSA) is 104 Å². The van der Waals surface area contributed by atoms with Gasteiger partial charge in [0.05, 0.1) is 0 Å². The van der Waals surface area contributed by atoms with Crippen LogP contribution in [-0.4, -0.2) is 45.3 Å². The molecule has 162 valence electrons. The van der Waals surface area contributed by atoms with Crippen LogP contribution in [0.3, 0.4) is 0 Å². The van der Waals surface area contributed by atoms with Gasteiger partial charge in [0.25, 0.3) is 11.8 Å². The fraction of sp³-hybridized carbons (Fsp3) is 0.619. The SMILES string of the molecule is CC(C)SCC[C@@H](N)C(O)C(=O)NNC(=O)c1cccc(SC2CCCCC2)c1. The summed E-state index contributed by atoms with van der Waals surface area (Å²) in [6.07, 6.45) is 5.43. The molecule has 0 radical (unpaired) electrons. The Morgan fingerprint density at radius 2 is 1.93 bits per heavy atom. The van der Waals surface area contributed by atoms with Crippen LogP contribution in [0.2, 0.25) is 0 Å². The summed E-state index contributed by atoms with van der Waals surface area (Å²) in [6.45, 7) is 4.16. The monoisotopic (exact) mass is 439 g/mol. The van der Waals surface area contributed by atoms with Gasteiger partial charge in [0.1, 0.15) is 6.10 Å². The van der Waals surface area contributed by atoms with E-state index >= 15 is 0 Å². The van der Waals surface area contributed by atoms with E-state index in [1.54, 1.807) is 17.8 Å². The molecule has 0 heterocycles. The van der Waals surface area contributed by atoms with Crippen LogP contribution < -0.4 is 16.6 Å². The quantitative estimate of drug-likeness (QED) is 0.441. The Balaban J connectivity index is 1.80. The Hall–Kier alpha value is -1.22. The maximum atomic E-state index is 12.4. The van der Waals surface area contributed by atoms with Crippen molar-refractivity contribution < 1.29 is 14.7 Å². The van der Waals surface area contributed by atoms with Gasteiger partial charge in [0.15, 0.2) is 0 Å². The first-order valence-electron chi connectivity index (χ1n) is 10.3. The largest absolute Gasteiger partial charge is 0.382 e. The number of benzene rings is 1. The molecular weight excluding hydrogens is 406 g/mol. The van der Waals surface area contributed by atoms with E-state index in [0.29, 0.717) is 22.5 Å². The predicted octanol–water partition coefficient (Wildman–Crippen LogP) is 3.09. The number of nitrogens with one attached hydrogen (secondary N) is 2. The number of hydrogen-bond donors (Lipinski definition) is 4. The number of carbonyl (C=O) groups is 2. The molecule has 0 spiro atoms. The summed E-state index contributed by atoms with van der Waals surface area (Å²) in [5, 5.41) is 11.1. The molecule has 1 aliphatic rings. The first-order valence-corrected chi connectivity index (χ1v) is 12.2. The number of carbonyl (C=O) groups excluding carboxylic acids is 2. The highest BCUT2D eigenvalue weighted by molar-refractivity contribution is 8.00. The van der Waals surface area contributed by atoms with Crippen molar-refractivity contribution in [1.82, 2.24) is 10.9 Å². The van der Waals surface area contributed by atoms with Crippen LogP contribution in [-0.2, 0) is 4.79 Å². The smallest absolute Gasteiger partial charge is 0.269 e. The van der Waals surface area contributed by atoms with E-state index in [-0.39, 0.29) is 0 Å². The number of aliphatic hydroxyl groups is 1. The van der Waals surface area contributed by atoms with Crippen molar-refractivity contribution in [2.24, 2.45) is 5.73 Å². The molecule has 0 aliphatic heterocycles. The van der Waals surface area contributed by atoms with Crippen molar-refractivity contribution in [2.75, 3.05) is 5.75 Å². The number of thioether (sulfide) groups is 2. The van der Waals surface area contributed by atoms with Crippen LogP contribution in [0, 0.1) is 0 Å². The van der Waals surface area contributed by atoms with Gasteiger partial charge >= 0.3 is 0 Å². The molecule has 2 rings (SSSR count). The van der Waals surface area contributed by atoms with E-state index in [1.807, 2.05) is 30.0 Å². The minimum Gasteiger partial charge on any atom is -0.382 e. The zero-order valence-electron chi connectivity index (χ0n) is 17.2. The van der Waals surface area contributed by atoms with Crippen molar-refractivity contribution >= 4 is 35.3 Å². The highest BCUT2D eigenvalue weighted by Crippen LogP contribution is 2.33. The van der Waals surface area contributed by atoms with E-state index in [1.165, 1.54) is 32.1 Å². The van der Waals surface area contributed by atoms with Crippen LogP contribution in [0.1, 0.15) is 62.7 Å². The lowest BCUT2D eigenvalue weighted by Gasteiger charge is -2.21. The molecule has 0 saturated heterocycles. The van der Waals surface area contributed by atoms with Gasteiger partial charge < -0.3 is 10.8 Å². The van der Waals surface area contributed by atoms with Crippen LogP contribution in [0.25, 0.3) is 0 Å². The Morgan fingerprint density at radius 3 is 2.62 bits per heavy atom. The number of amides is 2. The average Bonchev–Trinajstić information content (AvgIpc) is 2.71. The van der Waals surface area contributed by atoms with Gasteiger partial charge in [-0.15, -0.1) is 11.8 Å². The van der Waals surface area contributed by atoms with E-state index < -0.39 is 24.0 Å². The van der Waals surface area contributed by atoms with Gasteiger partial charge in [0, 0.05) is 21.8 Å². The molecule has 2 atom stereocenters. The standard InChI is InChI=1S/C21H33N3O3S2/c1-14(2)28-12-11-18(22)19(25)21(27)24-23-20(26)15-7-6-10-17(13-15)29-16-8-4-3-5-9-16/h6-7,10,13-14,16,18-19,25H,3-5,8-9,11-12,22H2,1-2H3,(H,23,26)(H,24,27)/t18-,19?/m1/s1. The number of hydrogen-bond acceptors (Lipinski definition) is 6. The summed E-state index contributed by atoms with van der Waals surface area (Å²) in [7, 11) is 0. The van der Waals surface area contributed by atoms with E-state index in [9.17, 15) is 14.7 Å². The maximum Gasteiger partial charge on any atom is 0.269 e.